The van der Waals surface area contributed by atoms with Crippen molar-refractivity contribution in [3.8, 4) is 5.69 Å². The average Bonchev–Trinajstić information content (AvgIpc) is 2.84. The number of rotatable bonds is 6. The zero-order valence-electron chi connectivity index (χ0n) is 18.0. The van der Waals surface area contributed by atoms with Crippen molar-refractivity contribution in [1.82, 2.24) is 24.6 Å². The van der Waals surface area contributed by atoms with Gasteiger partial charge in [-0.15, -0.1) is 0 Å². The summed E-state index contributed by atoms with van der Waals surface area (Å²) in [4.78, 5) is 43.2. The summed E-state index contributed by atoms with van der Waals surface area (Å²) in [5.41, 5.74) is 0.193. The van der Waals surface area contributed by atoms with Crippen LogP contribution in [0.25, 0.3) is 5.69 Å². The number of carbonyl (C=O) groups is 1. The molecule has 10 heteroatoms. The van der Waals surface area contributed by atoms with Crippen LogP contribution in [0.15, 0.2) is 76.6 Å². The van der Waals surface area contributed by atoms with E-state index >= 15 is 0 Å². The van der Waals surface area contributed by atoms with E-state index in [2.05, 4.69) is 15.4 Å². The molecule has 0 radical (unpaired) electrons. The Morgan fingerprint density at radius 2 is 1.85 bits per heavy atom. The molecule has 0 atom stereocenters. The Morgan fingerprint density at radius 3 is 2.53 bits per heavy atom. The normalized spacial score (nSPS) is 10.8. The Morgan fingerprint density at radius 1 is 1.09 bits per heavy atom. The maximum Gasteiger partial charge on any atom is 0.352 e. The van der Waals surface area contributed by atoms with E-state index in [1.807, 2.05) is 0 Å². The van der Waals surface area contributed by atoms with Gasteiger partial charge in [-0.3, -0.25) is 19.1 Å². The molecule has 0 aliphatic carbocycles. The highest BCUT2D eigenvalue weighted by Gasteiger charge is 2.21. The van der Waals surface area contributed by atoms with Crippen molar-refractivity contribution in [2.75, 3.05) is 0 Å². The van der Waals surface area contributed by atoms with Crippen LogP contribution in [-0.2, 0) is 13.1 Å². The fourth-order valence-corrected chi connectivity index (χ4v) is 3.39. The third-order valence-corrected chi connectivity index (χ3v) is 5.51. The minimum Gasteiger partial charge on any atom is -0.346 e. The predicted molar refractivity (Wildman–Crippen MR) is 125 cm³/mol. The maximum atomic E-state index is 13.3. The lowest BCUT2D eigenvalue weighted by Gasteiger charge is -2.13. The van der Waals surface area contributed by atoms with Crippen LogP contribution in [0.2, 0.25) is 5.02 Å². The quantitative estimate of drug-likeness (QED) is 0.458. The monoisotopic (exact) mass is 479 g/mol. The summed E-state index contributed by atoms with van der Waals surface area (Å²) in [6.07, 6.45) is 3.18. The molecule has 0 spiro atoms. The molecule has 172 valence electrons. The molecule has 0 saturated heterocycles. The maximum absolute atomic E-state index is 13.3. The van der Waals surface area contributed by atoms with Crippen molar-refractivity contribution in [3.05, 3.63) is 121 Å². The molecule has 0 fully saturated rings. The molecule has 8 nitrogen and oxygen atoms in total. The SMILES string of the molecule is Cc1ccc(-n2nc(C(=O)NCc3cccnc3)c(=O)n(Cc3ccc(F)cc3)c2=O)cc1Cl. The Labute approximate surface area is 198 Å². The van der Waals surface area contributed by atoms with Crippen molar-refractivity contribution in [2.24, 2.45) is 0 Å². The number of hydrogen-bond donors (Lipinski definition) is 1. The van der Waals surface area contributed by atoms with Gasteiger partial charge in [0.25, 0.3) is 11.5 Å². The number of benzene rings is 2. The number of halogens is 2. The third kappa shape index (κ3) is 4.94. The molecule has 4 rings (SSSR count). The molecule has 2 aromatic heterocycles. The van der Waals surface area contributed by atoms with Gasteiger partial charge in [0.05, 0.1) is 12.2 Å². The number of amides is 1. The van der Waals surface area contributed by atoms with Crippen molar-refractivity contribution in [1.29, 1.82) is 0 Å². The van der Waals surface area contributed by atoms with Crippen molar-refractivity contribution >= 4 is 17.5 Å². The zero-order valence-corrected chi connectivity index (χ0v) is 18.8. The molecule has 2 heterocycles. The molecular weight excluding hydrogens is 461 g/mol. The van der Waals surface area contributed by atoms with Gasteiger partial charge in [-0.2, -0.15) is 9.78 Å². The summed E-state index contributed by atoms with van der Waals surface area (Å²) in [5, 5.41) is 7.09. The highest BCUT2D eigenvalue weighted by atomic mass is 35.5. The van der Waals surface area contributed by atoms with Gasteiger partial charge >= 0.3 is 5.69 Å². The van der Waals surface area contributed by atoms with Crippen molar-refractivity contribution < 1.29 is 9.18 Å². The number of pyridine rings is 1. The number of nitrogens with zero attached hydrogens (tertiary/aromatic N) is 4. The average molecular weight is 480 g/mol. The first-order chi connectivity index (χ1) is 16.3. The smallest absolute Gasteiger partial charge is 0.346 e. The van der Waals surface area contributed by atoms with Crippen LogP contribution < -0.4 is 16.6 Å². The van der Waals surface area contributed by atoms with Crippen molar-refractivity contribution in [2.45, 2.75) is 20.0 Å². The summed E-state index contributed by atoms with van der Waals surface area (Å²) >= 11 is 6.22. The van der Waals surface area contributed by atoms with E-state index in [4.69, 9.17) is 11.6 Å². The van der Waals surface area contributed by atoms with E-state index in [1.54, 1.807) is 43.6 Å². The van der Waals surface area contributed by atoms with Crippen LogP contribution in [0.5, 0.6) is 0 Å². The molecule has 0 bridgehead atoms. The van der Waals surface area contributed by atoms with Crippen molar-refractivity contribution in [3.63, 3.8) is 0 Å². The van der Waals surface area contributed by atoms with E-state index in [-0.39, 0.29) is 18.8 Å². The van der Waals surface area contributed by atoms with Gasteiger partial charge in [0.2, 0.25) is 5.69 Å². The Balaban J connectivity index is 1.80. The van der Waals surface area contributed by atoms with Crippen LogP contribution in [0.1, 0.15) is 27.2 Å². The summed E-state index contributed by atoms with van der Waals surface area (Å²) in [7, 11) is 0. The minimum atomic E-state index is -0.868. The van der Waals surface area contributed by atoms with E-state index in [0.29, 0.717) is 10.6 Å². The third-order valence-electron chi connectivity index (χ3n) is 5.10. The van der Waals surface area contributed by atoms with Crippen LogP contribution in [0, 0.1) is 12.7 Å². The Hall–Kier alpha value is -4.11. The largest absolute Gasteiger partial charge is 0.352 e. The molecule has 1 amide bonds. The Kier molecular flexibility index (Phi) is 6.65. The van der Waals surface area contributed by atoms with Crippen LogP contribution in [0.4, 0.5) is 4.39 Å². The molecule has 0 saturated carbocycles. The second-order valence-corrected chi connectivity index (χ2v) is 7.95. The van der Waals surface area contributed by atoms with Gasteiger partial charge in [-0.25, -0.2) is 9.18 Å². The Bertz CT molecular complexity index is 1470. The molecule has 34 heavy (non-hydrogen) atoms. The second kappa shape index (κ2) is 9.80. The van der Waals surface area contributed by atoms with E-state index in [0.717, 1.165) is 20.4 Å². The molecular formula is C24H19ClFN5O3. The summed E-state index contributed by atoms with van der Waals surface area (Å²) in [6.45, 7) is 1.74. The number of carbonyl (C=O) groups excluding carboxylic acids is 1. The first-order valence-corrected chi connectivity index (χ1v) is 10.6. The van der Waals surface area contributed by atoms with Gasteiger partial charge in [-0.05, 0) is 53.9 Å². The molecule has 2 aromatic carbocycles. The number of hydrogen-bond acceptors (Lipinski definition) is 5. The number of aryl methyl sites for hydroxylation is 1. The first kappa shape index (κ1) is 23.1. The zero-order chi connectivity index (χ0) is 24.2. The topological polar surface area (TPSA) is 98.9 Å². The highest BCUT2D eigenvalue weighted by molar-refractivity contribution is 6.31. The van der Waals surface area contributed by atoms with E-state index in [1.165, 1.54) is 30.3 Å². The summed E-state index contributed by atoms with van der Waals surface area (Å²) < 4.78 is 15.2. The summed E-state index contributed by atoms with van der Waals surface area (Å²) in [5.74, 6) is -1.21. The molecule has 0 aliphatic rings. The van der Waals surface area contributed by atoms with Gasteiger partial charge < -0.3 is 5.32 Å². The fraction of sp³-hybridized carbons (Fsp3) is 0.125. The highest BCUT2D eigenvalue weighted by Crippen LogP contribution is 2.18. The minimum absolute atomic E-state index is 0.112. The standard InChI is InChI=1S/C24H19ClFN5O3/c1-15-4-9-19(11-20(15)25)31-24(34)30(14-16-5-7-18(26)8-6-16)23(33)21(29-31)22(32)28-13-17-3-2-10-27-12-17/h2-12H,13-14H2,1H3,(H,28,32). The fourth-order valence-electron chi connectivity index (χ4n) is 3.22. The van der Waals surface area contributed by atoms with Gasteiger partial charge in [0, 0.05) is 24.0 Å². The molecule has 1 N–H and O–H groups in total. The lowest BCUT2D eigenvalue weighted by molar-refractivity contribution is 0.0941. The summed E-state index contributed by atoms with van der Waals surface area (Å²) in [6, 6.07) is 13.7. The van der Waals surface area contributed by atoms with Crippen LogP contribution >= 0.6 is 11.6 Å². The van der Waals surface area contributed by atoms with E-state index in [9.17, 15) is 18.8 Å². The van der Waals surface area contributed by atoms with E-state index < -0.39 is 28.7 Å². The van der Waals surface area contributed by atoms with Gasteiger partial charge in [-0.1, -0.05) is 35.9 Å². The van der Waals surface area contributed by atoms with Crippen LogP contribution in [-0.4, -0.2) is 25.2 Å². The second-order valence-electron chi connectivity index (χ2n) is 7.54. The number of nitrogens with one attached hydrogen (secondary N) is 1. The van der Waals surface area contributed by atoms with Gasteiger partial charge in [0.15, 0.2) is 0 Å². The molecule has 0 aliphatic heterocycles. The first-order valence-electron chi connectivity index (χ1n) is 10.3. The van der Waals surface area contributed by atoms with Crippen LogP contribution in [0.3, 0.4) is 0 Å². The molecule has 4 aromatic rings. The lowest BCUT2D eigenvalue weighted by Crippen LogP contribution is -2.46. The lowest BCUT2D eigenvalue weighted by atomic mass is 10.2. The number of aromatic nitrogens is 4. The van der Waals surface area contributed by atoms with Gasteiger partial charge in [0.1, 0.15) is 5.82 Å². The predicted octanol–water partition coefficient (Wildman–Crippen LogP) is 2.87. The molecule has 0 unspecified atom stereocenters.